The Bertz CT molecular complexity index is 497. The highest BCUT2D eigenvalue weighted by Crippen LogP contribution is 2.46. The van der Waals surface area contributed by atoms with E-state index in [1.165, 1.54) is 6.92 Å². The Morgan fingerprint density at radius 3 is 2.58 bits per heavy atom. The number of benzene rings is 1. The van der Waals surface area contributed by atoms with Gasteiger partial charge in [0, 0.05) is 18.1 Å². The Hall–Kier alpha value is -1.75. The van der Waals surface area contributed by atoms with E-state index >= 15 is 0 Å². The lowest BCUT2D eigenvalue weighted by Crippen LogP contribution is -2.31. The van der Waals surface area contributed by atoms with Crippen molar-refractivity contribution in [1.82, 2.24) is 0 Å². The predicted molar refractivity (Wildman–Crippen MR) is 68.1 cm³/mol. The number of aromatic hydroxyl groups is 1. The van der Waals surface area contributed by atoms with E-state index in [4.69, 9.17) is 14.2 Å². The summed E-state index contributed by atoms with van der Waals surface area (Å²) in [6.45, 7) is 5.02. The average molecular weight is 266 g/mol. The Morgan fingerprint density at radius 1 is 1.32 bits per heavy atom. The molecule has 0 unspecified atom stereocenters. The third-order valence-corrected chi connectivity index (χ3v) is 3.27. The van der Waals surface area contributed by atoms with Crippen molar-refractivity contribution in [2.75, 3.05) is 7.11 Å². The molecule has 0 fully saturated rings. The van der Waals surface area contributed by atoms with Gasteiger partial charge in [-0.2, -0.15) is 0 Å². The maximum absolute atomic E-state index is 11.2. The molecule has 0 saturated carbocycles. The Balaban J connectivity index is 2.58. The van der Waals surface area contributed by atoms with Crippen LogP contribution in [0.5, 0.6) is 11.5 Å². The molecule has 0 bridgehead atoms. The number of hydrogen-bond acceptors (Lipinski definition) is 5. The summed E-state index contributed by atoms with van der Waals surface area (Å²) in [5.41, 5.74) is 1.30. The van der Waals surface area contributed by atoms with E-state index in [-0.39, 0.29) is 18.0 Å². The van der Waals surface area contributed by atoms with Crippen LogP contribution in [0.15, 0.2) is 12.1 Å². The number of phenolic OH excluding ortho intramolecular Hbond substituents is 1. The minimum atomic E-state index is -0.626. The number of fused-ring (bicyclic) bond motifs is 1. The normalized spacial score (nSPS) is 25.6. The maximum Gasteiger partial charge on any atom is 0.303 e. The fourth-order valence-electron chi connectivity index (χ4n) is 2.53. The molecule has 1 N–H and O–H groups in total. The number of hydrogen-bond donors (Lipinski definition) is 1. The fraction of sp³-hybridized carbons (Fsp3) is 0.500. The molecule has 0 spiro atoms. The molecule has 104 valence electrons. The van der Waals surface area contributed by atoms with Gasteiger partial charge < -0.3 is 19.3 Å². The average Bonchev–Trinajstić information content (AvgIpc) is 2.34. The van der Waals surface area contributed by atoms with Crippen LogP contribution in [-0.4, -0.2) is 24.3 Å². The van der Waals surface area contributed by atoms with E-state index in [1.54, 1.807) is 19.2 Å². The van der Waals surface area contributed by atoms with Crippen molar-refractivity contribution >= 4 is 5.97 Å². The standard InChI is InChI=1S/C14H18O5/c1-7-12-11(17-4)6-5-10(16)13(12)14(8(2)18-7)19-9(3)15/h5-8,14,16H,1-4H3/t7-,8-,14-/m0/s1. The number of ether oxygens (including phenoxy) is 3. The molecule has 2 rings (SSSR count). The smallest absolute Gasteiger partial charge is 0.303 e. The van der Waals surface area contributed by atoms with Gasteiger partial charge in [0.1, 0.15) is 11.5 Å². The second-order valence-corrected chi connectivity index (χ2v) is 4.63. The molecular formula is C14H18O5. The summed E-state index contributed by atoms with van der Waals surface area (Å²) in [5, 5.41) is 10.1. The van der Waals surface area contributed by atoms with E-state index in [2.05, 4.69) is 0 Å². The number of esters is 1. The predicted octanol–water partition coefficient (Wildman–Crippen LogP) is 2.48. The molecule has 0 saturated heterocycles. The van der Waals surface area contributed by atoms with Crippen molar-refractivity contribution in [2.24, 2.45) is 0 Å². The van der Waals surface area contributed by atoms with Gasteiger partial charge in [-0.1, -0.05) is 0 Å². The van der Waals surface area contributed by atoms with E-state index in [0.717, 1.165) is 5.56 Å². The van der Waals surface area contributed by atoms with Gasteiger partial charge in [-0.05, 0) is 26.0 Å². The molecule has 1 aliphatic heterocycles. The van der Waals surface area contributed by atoms with Gasteiger partial charge in [0.15, 0.2) is 6.10 Å². The summed E-state index contributed by atoms with van der Waals surface area (Å²) < 4.78 is 16.3. The van der Waals surface area contributed by atoms with Crippen LogP contribution in [-0.2, 0) is 14.3 Å². The zero-order chi connectivity index (χ0) is 14.2. The topological polar surface area (TPSA) is 65.0 Å². The van der Waals surface area contributed by atoms with Gasteiger partial charge in [0.2, 0.25) is 0 Å². The molecular weight excluding hydrogens is 248 g/mol. The molecule has 1 aliphatic rings. The van der Waals surface area contributed by atoms with Crippen LogP contribution in [0.1, 0.15) is 44.1 Å². The van der Waals surface area contributed by atoms with Crippen LogP contribution in [0.2, 0.25) is 0 Å². The summed E-state index contributed by atoms with van der Waals surface area (Å²) in [6.07, 6.45) is -1.19. The highest BCUT2D eigenvalue weighted by atomic mass is 16.6. The van der Waals surface area contributed by atoms with Crippen LogP contribution in [0.4, 0.5) is 0 Å². The first kappa shape index (κ1) is 13.7. The lowest BCUT2D eigenvalue weighted by atomic mass is 9.91. The molecule has 5 nitrogen and oxygen atoms in total. The van der Waals surface area contributed by atoms with Crippen molar-refractivity contribution in [2.45, 2.75) is 39.1 Å². The van der Waals surface area contributed by atoms with Crippen molar-refractivity contribution in [3.63, 3.8) is 0 Å². The van der Waals surface area contributed by atoms with E-state index in [0.29, 0.717) is 11.3 Å². The van der Waals surface area contributed by atoms with Crippen LogP contribution < -0.4 is 4.74 Å². The summed E-state index contributed by atoms with van der Waals surface area (Å²) in [7, 11) is 1.55. The second kappa shape index (κ2) is 5.09. The Morgan fingerprint density at radius 2 is 2.00 bits per heavy atom. The van der Waals surface area contributed by atoms with E-state index in [1.807, 2.05) is 13.8 Å². The molecule has 0 aliphatic carbocycles. The molecule has 0 aromatic heterocycles. The molecule has 3 atom stereocenters. The largest absolute Gasteiger partial charge is 0.508 e. The van der Waals surface area contributed by atoms with Crippen molar-refractivity contribution < 1.29 is 24.1 Å². The number of methoxy groups -OCH3 is 1. The molecule has 1 heterocycles. The van der Waals surface area contributed by atoms with E-state index in [9.17, 15) is 9.90 Å². The van der Waals surface area contributed by atoms with Gasteiger partial charge in [-0.3, -0.25) is 4.79 Å². The third kappa shape index (κ3) is 2.38. The second-order valence-electron chi connectivity index (χ2n) is 4.63. The zero-order valence-corrected chi connectivity index (χ0v) is 11.5. The summed E-state index contributed by atoms with van der Waals surface area (Å²) in [4.78, 5) is 11.2. The summed E-state index contributed by atoms with van der Waals surface area (Å²) >= 11 is 0. The highest BCUT2D eigenvalue weighted by Gasteiger charge is 2.37. The molecule has 5 heteroatoms. The number of carbonyl (C=O) groups excluding carboxylic acids is 1. The first-order valence-electron chi connectivity index (χ1n) is 6.18. The molecule has 19 heavy (non-hydrogen) atoms. The van der Waals surface area contributed by atoms with Crippen LogP contribution >= 0.6 is 0 Å². The van der Waals surface area contributed by atoms with Crippen LogP contribution in [0.3, 0.4) is 0 Å². The fourth-order valence-corrected chi connectivity index (χ4v) is 2.53. The SMILES string of the molecule is COc1ccc(O)c2c1[C@H](C)O[C@@H](C)[C@@H]2OC(C)=O. The van der Waals surface area contributed by atoms with Crippen molar-refractivity contribution in [1.29, 1.82) is 0 Å². The third-order valence-electron chi connectivity index (χ3n) is 3.27. The number of carbonyl (C=O) groups is 1. The quantitative estimate of drug-likeness (QED) is 0.833. The zero-order valence-electron chi connectivity index (χ0n) is 11.5. The first-order valence-corrected chi connectivity index (χ1v) is 6.18. The monoisotopic (exact) mass is 266 g/mol. The Kier molecular flexibility index (Phi) is 3.66. The maximum atomic E-state index is 11.2. The molecule has 0 radical (unpaired) electrons. The van der Waals surface area contributed by atoms with Gasteiger partial charge >= 0.3 is 5.97 Å². The van der Waals surface area contributed by atoms with Gasteiger partial charge in [-0.25, -0.2) is 0 Å². The van der Waals surface area contributed by atoms with Gasteiger partial charge in [0.05, 0.1) is 19.3 Å². The summed E-state index contributed by atoms with van der Waals surface area (Å²) in [6, 6.07) is 3.22. The molecule has 1 aromatic carbocycles. The van der Waals surface area contributed by atoms with E-state index < -0.39 is 12.1 Å². The van der Waals surface area contributed by atoms with Crippen LogP contribution in [0.25, 0.3) is 0 Å². The van der Waals surface area contributed by atoms with Crippen LogP contribution in [0, 0.1) is 0 Å². The molecule has 0 amide bonds. The highest BCUT2D eigenvalue weighted by molar-refractivity contribution is 5.67. The Labute approximate surface area is 112 Å². The first-order chi connectivity index (χ1) is 8.95. The van der Waals surface area contributed by atoms with Gasteiger partial charge in [0.25, 0.3) is 0 Å². The minimum absolute atomic E-state index is 0.0871. The lowest BCUT2D eigenvalue weighted by Gasteiger charge is -2.35. The lowest BCUT2D eigenvalue weighted by molar-refractivity contribution is -0.161. The number of rotatable bonds is 2. The van der Waals surface area contributed by atoms with Gasteiger partial charge in [-0.15, -0.1) is 0 Å². The minimum Gasteiger partial charge on any atom is -0.508 e. The van der Waals surface area contributed by atoms with Crippen molar-refractivity contribution in [3.05, 3.63) is 23.3 Å². The number of phenols is 1. The molecule has 1 aromatic rings. The van der Waals surface area contributed by atoms with Crippen molar-refractivity contribution in [3.8, 4) is 11.5 Å². The summed E-state index contributed by atoms with van der Waals surface area (Å²) in [5.74, 6) is 0.288.